The maximum Gasteiger partial charge on any atom is 0.244 e. The van der Waals surface area contributed by atoms with Crippen LogP contribution < -0.4 is 9.62 Å². The van der Waals surface area contributed by atoms with Crippen molar-refractivity contribution in [1.82, 2.24) is 10.2 Å². The molecule has 0 radical (unpaired) electrons. The lowest BCUT2D eigenvalue weighted by Gasteiger charge is -2.31. The van der Waals surface area contributed by atoms with Crippen LogP contribution in [-0.4, -0.2) is 50.5 Å². The average Bonchev–Trinajstić information content (AvgIpc) is 2.74. The summed E-state index contributed by atoms with van der Waals surface area (Å²) in [7, 11) is -3.94. The van der Waals surface area contributed by atoms with Crippen molar-refractivity contribution in [1.29, 1.82) is 0 Å². The number of sulfonamides is 1. The summed E-state index contributed by atoms with van der Waals surface area (Å²) in [5, 5.41) is 3.04. The molecule has 1 atom stereocenters. The molecule has 33 heavy (non-hydrogen) atoms. The molecule has 1 N–H and O–H groups in total. The standard InChI is InChI=1S/C22H26Cl2FN3O4S/c1-4-11-26-22(30)15(2)27(13-16-7-5-6-8-19(16)25)21(29)14-28(33(3,31)32)20-10-9-17(23)12-18(20)24/h5-10,12,15H,4,11,13-14H2,1-3H3,(H,26,30)/t15-/m1/s1. The zero-order valence-electron chi connectivity index (χ0n) is 18.5. The fourth-order valence-corrected chi connectivity index (χ4v) is 4.49. The Kier molecular flexibility index (Phi) is 9.51. The molecule has 0 aromatic heterocycles. The van der Waals surface area contributed by atoms with Crippen molar-refractivity contribution in [3.63, 3.8) is 0 Å². The minimum atomic E-state index is -3.94. The van der Waals surface area contributed by atoms with Crippen molar-refractivity contribution in [2.45, 2.75) is 32.9 Å². The molecule has 0 aliphatic heterocycles. The van der Waals surface area contributed by atoms with Crippen LogP contribution in [0.25, 0.3) is 0 Å². The molecule has 2 amide bonds. The maximum atomic E-state index is 14.3. The van der Waals surface area contributed by atoms with Gasteiger partial charge in [0.15, 0.2) is 0 Å². The first-order chi connectivity index (χ1) is 15.5. The van der Waals surface area contributed by atoms with Gasteiger partial charge in [-0.3, -0.25) is 13.9 Å². The van der Waals surface area contributed by atoms with Crippen LogP contribution in [0.1, 0.15) is 25.8 Å². The molecule has 11 heteroatoms. The summed E-state index contributed by atoms with van der Waals surface area (Å²) in [5.74, 6) is -1.68. The number of nitrogens with one attached hydrogen (secondary N) is 1. The van der Waals surface area contributed by atoms with Gasteiger partial charge in [0.25, 0.3) is 0 Å². The first-order valence-electron chi connectivity index (χ1n) is 10.2. The summed E-state index contributed by atoms with van der Waals surface area (Å²) in [6, 6.07) is 9.08. The molecule has 0 bridgehead atoms. The highest BCUT2D eigenvalue weighted by Gasteiger charge is 2.31. The number of rotatable bonds is 10. The van der Waals surface area contributed by atoms with E-state index in [2.05, 4.69) is 5.32 Å². The van der Waals surface area contributed by atoms with Gasteiger partial charge < -0.3 is 10.2 Å². The zero-order chi connectivity index (χ0) is 24.8. The van der Waals surface area contributed by atoms with Crippen molar-refractivity contribution in [2.24, 2.45) is 0 Å². The van der Waals surface area contributed by atoms with Crippen LogP contribution >= 0.6 is 23.2 Å². The average molecular weight is 518 g/mol. The van der Waals surface area contributed by atoms with Crippen LogP contribution in [-0.2, 0) is 26.2 Å². The van der Waals surface area contributed by atoms with Gasteiger partial charge in [-0.1, -0.05) is 48.3 Å². The number of amides is 2. The molecule has 0 spiro atoms. The normalized spacial score (nSPS) is 12.2. The van der Waals surface area contributed by atoms with E-state index in [4.69, 9.17) is 23.2 Å². The lowest BCUT2D eigenvalue weighted by atomic mass is 10.1. The maximum absolute atomic E-state index is 14.3. The predicted molar refractivity (Wildman–Crippen MR) is 128 cm³/mol. The first-order valence-corrected chi connectivity index (χ1v) is 12.8. The van der Waals surface area contributed by atoms with Crippen molar-refractivity contribution < 1.29 is 22.4 Å². The number of nitrogens with zero attached hydrogens (tertiary/aromatic N) is 2. The van der Waals surface area contributed by atoms with Crippen molar-refractivity contribution in [3.05, 3.63) is 63.9 Å². The zero-order valence-corrected chi connectivity index (χ0v) is 20.8. The van der Waals surface area contributed by atoms with Crippen LogP contribution in [0.15, 0.2) is 42.5 Å². The fourth-order valence-electron chi connectivity index (χ4n) is 3.07. The molecule has 7 nitrogen and oxygen atoms in total. The van der Waals surface area contributed by atoms with Crippen molar-refractivity contribution in [2.75, 3.05) is 23.7 Å². The Morgan fingerprint density at radius 1 is 1.15 bits per heavy atom. The molecule has 0 aliphatic rings. The fraction of sp³-hybridized carbons (Fsp3) is 0.364. The van der Waals surface area contributed by atoms with Gasteiger partial charge in [0.2, 0.25) is 21.8 Å². The lowest BCUT2D eigenvalue weighted by Crippen LogP contribution is -2.51. The SMILES string of the molecule is CCCNC(=O)[C@@H](C)N(Cc1ccccc1F)C(=O)CN(c1ccc(Cl)cc1Cl)S(C)(=O)=O. The highest BCUT2D eigenvalue weighted by molar-refractivity contribution is 7.92. The molecule has 0 fully saturated rings. The predicted octanol–water partition coefficient (Wildman–Crippen LogP) is 3.84. The first kappa shape index (κ1) is 26.9. The highest BCUT2D eigenvalue weighted by atomic mass is 35.5. The molecule has 0 aliphatic carbocycles. The van der Waals surface area contributed by atoms with E-state index in [1.165, 1.54) is 43.3 Å². The van der Waals surface area contributed by atoms with Crippen LogP contribution in [0.2, 0.25) is 10.0 Å². The molecular weight excluding hydrogens is 492 g/mol. The van der Waals surface area contributed by atoms with Crippen LogP contribution in [0.3, 0.4) is 0 Å². The second kappa shape index (κ2) is 11.7. The molecule has 2 aromatic rings. The molecule has 0 saturated carbocycles. The van der Waals surface area contributed by atoms with E-state index >= 15 is 0 Å². The molecule has 0 heterocycles. The number of benzene rings is 2. The summed E-state index contributed by atoms with van der Waals surface area (Å²) >= 11 is 12.1. The lowest BCUT2D eigenvalue weighted by molar-refractivity contribution is -0.139. The van der Waals surface area contributed by atoms with Gasteiger partial charge >= 0.3 is 0 Å². The number of hydrogen-bond acceptors (Lipinski definition) is 4. The highest BCUT2D eigenvalue weighted by Crippen LogP contribution is 2.30. The monoisotopic (exact) mass is 517 g/mol. The topological polar surface area (TPSA) is 86.8 Å². The molecule has 180 valence electrons. The Balaban J connectivity index is 2.42. The van der Waals surface area contributed by atoms with Gasteiger partial charge in [0, 0.05) is 23.7 Å². The third-order valence-electron chi connectivity index (χ3n) is 4.87. The summed E-state index contributed by atoms with van der Waals surface area (Å²) < 4.78 is 40.2. The Labute approximate surface area is 203 Å². The van der Waals surface area contributed by atoms with Gasteiger partial charge in [0.1, 0.15) is 18.4 Å². The molecule has 0 unspecified atom stereocenters. The summed E-state index contributed by atoms with van der Waals surface area (Å²) in [5.41, 5.74) is 0.252. The van der Waals surface area contributed by atoms with E-state index in [1.807, 2.05) is 6.92 Å². The molecule has 2 aromatic carbocycles. The van der Waals surface area contributed by atoms with Crippen molar-refractivity contribution >= 4 is 50.7 Å². The van der Waals surface area contributed by atoms with Gasteiger partial charge in [-0.05, 0) is 37.6 Å². The Morgan fingerprint density at radius 3 is 2.39 bits per heavy atom. The van der Waals surface area contributed by atoms with E-state index in [0.717, 1.165) is 15.5 Å². The Hall–Kier alpha value is -2.36. The summed E-state index contributed by atoms with van der Waals surface area (Å²) in [6.45, 7) is 2.93. The van der Waals surface area contributed by atoms with Gasteiger partial charge in [-0.25, -0.2) is 12.8 Å². The van der Waals surface area contributed by atoms with Crippen molar-refractivity contribution in [3.8, 4) is 0 Å². The van der Waals surface area contributed by atoms with Gasteiger partial charge in [-0.2, -0.15) is 0 Å². The van der Waals surface area contributed by atoms with Gasteiger partial charge in [-0.15, -0.1) is 0 Å². The van der Waals surface area contributed by atoms with E-state index in [1.54, 1.807) is 6.07 Å². The van der Waals surface area contributed by atoms with Crippen LogP contribution in [0.4, 0.5) is 10.1 Å². The molecular formula is C22H26Cl2FN3O4S. The number of carbonyl (C=O) groups excluding carboxylic acids is 2. The Bertz CT molecular complexity index is 1110. The quantitative estimate of drug-likeness (QED) is 0.518. The smallest absolute Gasteiger partial charge is 0.244 e. The second-order valence-corrected chi connectivity index (χ2v) is 10.2. The van der Waals surface area contributed by atoms with Crippen LogP contribution in [0, 0.1) is 5.82 Å². The third-order valence-corrected chi connectivity index (χ3v) is 6.54. The second-order valence-electron chi connectivity index (χ2n) is 7.45. The third kappa shape index (κ3) is 7.31. The van der Waals surface area contributed by atoms with E-state index in [0.29, 0.717) is 18.0 Å². The minimum Gasteiger partial charge on any atom is -0.354 e. The number of anilines is 1. The summed E-state index contributed by atoms with van der Waals surface area (Å²) in [6.07, 6.45) is 1.63. The number of carbonyl (C=O) groups is 2. The number of hydrogen-bond donors (Lipinski definition) is 1. The van der Waals surface area contributed by atoms with Crippen LogP contribution in [0.5, 0.6) is 0 Å². The van der Waals surface area contributed by atoms with E-state index in [9.17, 15) is 22.4 Å². The van der Waals surface area contributed by atoms with Gasteiger partial charge in [0.05, 0.1) is 17.0 Å². The number of halogens is 3. The molecule has 0 saturated heterocycles. The van der Waals surface area contributed by atoms with E-state index in [-0.39, 0.29) is 22.8 Å². The largest absolute Gasteiger partial charge is 0.354 e. The van der Waals surface area contributed by atoms with E-state index < -0.39 is 40.2 Å². The molecule has 2 rings (SSSR count). The Morgan fingerprint density at radius 2 is 1.82 bits per heavy atom. The summed E-state index contributed by atoms with van der Waals surface area (Å²) in [4.78, 5) is 27.1. The minimum absolute atomic E-state index is 0.0371.